The summed E-state index contributed by atoms with van der Waals surface area (Å²) in [5.41, 5.74) is 0.249. The summed E-state index contributed by atoms with van der Waals surface area (Å²) in [5, 5.41) is 8.37. The van der Waals surface area contributed by atoms with E-state index in [0.717, 1.165) is 0 Å². The van der Waals surface area contributed by atoms with Gasteiger partial charge in [-0.3, -0.25) is 0 Å². The second-order valence-electron chi connectivity index (χ2n) is 2.99. The Hall–Kier alpha value is -1.64. The van der Waals surface area contributed by atoms with E-state index in [1.807, 2.05) is 0 Å². The van der Waals surface area contributed by atoms with Crippen LogP contribution in [0.2, 0.25) is 0 Å². The van der Waals surface area contributed by atoms with Gasteiger partial charge >= 0.3 is 5.97 Å². The molecular formula is C10H11NO4. The minimum atomic E-state index is -0.733. The van der Waals surface area contributed by atoms with Gasteiger partial charge in [-0.05, 0) is 6.92 Å². The fourth-order valence-electron chi connectivity index (χ4n) is 0.896. The average Bonchev–Trinajstić information content (AvgIpc) is 2.19. The highest BCUT2D eigenvalue weighted by atomic mass is 16.9. The molecule has 0 radical (unpaired) electrons. The number of hydrogen-bond acceptors (Lipinski definition) is 5. The van der Waals surface area contributed by atoms with Crippen LogP contribution in [-0.2, 0) is 19.0 Å². The van der Waals surface area contributed by atoms with Crippen LogP contribution < -0.4 is 0 Å². The van der Waals surface area contributed by atoms with Gasteiger partial charge in [-0.15, -0.1) is 0 Å². The molecule has 0 aromatic heterocycles. The summed E-state index contributed by atoms with van der Waals surface area (Å²) in [7, 11) is 0. The van der Waals surface area contributed by atoms with Crippen molar-refractivity contribution in [2.75, 3.05) is 6.61 Å². The Kier molecular flexibility index (Phi) is 3.61. The first-order valence-electron chi connectivity index (χ1n) is 4.29. The fraction of sp³-hybridized carbons (Fsp3) is 0.400. The summed E-state index contributed by atoms with van der Waals surface area (Å²) < 4.78 is 14.8. The molecule has 0 saturated carbocycles. The zero-order valence-corrected chi connectivity index (χ0v) is 8.36. The summed E-state index contributed by atoms with van der Waals surface area (Å²) in [6, 6.07) is 1.76. The van der Waals surface area contributed by atoms with Crippen LogP contribution in [0.1, 0.15) is 6.92 Å². The molecule has 0 atom stereocenters. The molecule has 1 saturated heterocycles. The zero-order chi connectivity index (χ0) is 11.4. The number of nitrogens with zero attached hydrogens (tertiary/aromatic N) is 1. The molecule has 1 rings (SSSR count). The molecule has 1 aliphatic rings. The van der Waals surface area contributed by atoms with Crippen LogP contribution in [0.5, 0.6) is 0 Å². The Labute approximate surface area is 87.5 Å². The molecule has 80 valence electrons. The zero-order valence-electron chi connectivity index (χ0n) is 8.36. The van der Waals surface area contributed by atoms with Crippen LogP contribution in [-0.4, -0.2) is 25.2 Å². The summed E-state index contributed by atoms with van der Waals surface area (Å²) in [4.78, 5) is 11.3. The van der Waals surface area contributed by atoms with Crippen molar-refractivity contribution in [3.05, 3.63) is 24.3 Å². The highest BCUT2D eigenvalue weighted by Gasteiger charge is 2.33. The van der Waals surface area contributed by atoms with Crippen LogP contribution in [0, 0.1) is 11.3 Å². The second-order valence-corrected chi connectivity index (χ2v) is 2.99. The maximum atomic E-state index is 11.3. The minimum absolute atomic E-state index is 0.0823. The normalized spacial score (nSPS) is 23.5. The Morgan fingerprint density at radius 3 is 2.60 bits per heavy atom. The fourth-order valence-corrected chi connectivity index (χ4v) is 0.896. The van der Waals surface area contributed by atoms with Crippen LogP contribution in [0.4, 0.5) is 0 Å². The van der Waals surface area contributed by atoms with Crippen LogP contribution in [0.15, 0.2) is 24.3 Å². The lowest BCUT2D eigenvalue weighted by molar-refractivity contribution is -0.358. The molecule has 5 heteroatoms. The maximum Gasteiger partial charge on any atom is 0.338 e. The first-order valence-corrected chi connectivity index (χ1v) is 4.29. The monoisotopic (exact) mass is 209 g/mol. The van der Waals surface area contributed by atoms with Crippen LogP contribution in [0.25, 0.3) is 0 Å². The van der Waals surface area contributed by atoms with Gasteiger partial charge in [0.15, 0.2) is 12.6 Å². The largest absolute Gasteiger partial charge is 0.457 e. The molecule has 0 aromatic rings. The van der Waals surface area contributed by atoms with Crippen molar-refractivity contribution in [2.45, 2.75) is 19.5 Å². The van der Waals surface area contributed by atoms with Crippen LogP contribution >= 0.6 is 0 Å². The van der Waals surface area contributed by atoms with Gasteiger partial charge in [0.1, 0.15) is 6.61 Å². The van der Waals surface area contributed by atoms with Gasteiger partial charge in [-0.2, -0.15) is 5.26 Å². The van der Waals surface area contributed by atoms with Crippen molar-refractivity contribution >= 4 is 5.97 Å². The number of esters is 1. The maximum absolute atomic E-state index is 11.3. The summed E-state index contributed by atoms with van der Waals surface area (Å²) in [5.74, 6) is -0.650. The average molecular weight is 209 g/mol. The summed E-state index contributed by atoms with van der Waals surface area (Å²) in [6.07, 6.45) is -1.06. The Bertz CT molecular complexity index is 336. The minimum Gasteiger partial charge on any atom is -0.457 e. The van der Waals surface area contributed by atoms with Gasteiger partial charge in [0, 0.05) is 0 Å². The molecule has 5 nitrogen and oxygen atoms in total. The number of rotatable bonds is 4. The third kappa shape index (κ3) is 2.91. The highest BCUT2D eigenvalue weighted by Crippen LogP contribution is 2.22. The third-order valence-electron chi connectivity index (χ3n) is 1.71. The molecule has 0 N–H and O–H groups in total. The molecule has 0 unspecified atom stereocenters. The smallest absolute Gasteiger partial charge is 0.338 e. The van der Waals surface area contributed by atoms with Gasteiger partial charge < -0.3 is 14.2 Å². The van der Waals surface area contributed by atoms with E-state index >= 15 is 0 Å². The van der Waals surface area contributed by atoms with Crippen molar-refractivity contribution in [3.63, 3.8) is 0 Å². The van der Waals surface area contributed by atoms with E-state index < -0.39 is 12.3 Å². The molecule has 0 aromatic carbocycles. The van der Waals surface area contributed by atoms with E-state index in [2.05, 4.69) is 13.2 Å². The molecule has 15 heavy (non-hydrogen) atoms. The van der Waals surface area contributed by atoms with E-state index in [-0.39, 0.29) is 24.0 Å². The highest BCUT2D eigenvalue weighted by molar-refractivity contribution is 5.88. The SMILES string of the molecule is C=C(C#N)COC(=O)C(=C)C1OC(C)O1. The van der Waals surface area contributed by atoms with E-state index in [1.54, 1.807) is 13.0 Å². The lowest BCUT2D eigenvalue weighted by Gasteiger charge is -2.33. The van der Waals surface area contributed by atoms with Gasteiger partial charge in [0.2, 0.25) is 0 Å². The van der Waals surface area contributed by atoms with Crippen LogP contribution in [0.3, 0.4) is 0 Å². The van der Waals surface area contributed by atoms with Gasteiger partial charge in [0.25, 0.3) is 0 Å². The molecule has 0 bridgehead atoms. The first-order chi connectivity index (χ1) is 7.04. The Morgan fingerprint density at radius 2 is 2.13 bits per heavy atom. The van der Waals surface area contributed by atoms with Gasteiger partial charge in [-0.1, -0.05) is 13.2 Å². The van der Waals surface area contributed by atoms with E-state index in [0.29, 0.717) is 0 Å². The summed E-state index contributed by atoms with van der Waals surface area (Å²) >= 11 is 0. The number of nitriles is 1. The van der Waals surface area contributed by atoms with E-state index in [1.165, 1.54) is 0 Å². The topological polar surface area (TPSA) is 68.5 Å². The number of hydrogen-bond donors (Lipinski definition) is 0. The molecular weight excluding hydrogens is 198 g/mol. The number of ether oxygens (including phenoxy) is 3. The molecule has 0 amide bonds. The predicted molar refractivity (Wildman–Crippen MR) is 50.3 cm³/mol. The molecule has 1 aliphatic heterocycles. The van der Waals surface area contributed by atoms with Crippen molar-refractivity contribution < 1.29 is 19.0 Å². The van der Waals surface area contributed by atoms with Crippen molar-refractivity contribution in [2.24, 2.45) is 0 Å². The predicted octanol–water partition coefficient (Wildman–Crippen LogP) is 0.884. The standard InChI is InChI=1S/C10H11NO4/c1-6(4-11)5-13-9(12)7(2)10-14-8(3)15-10/h8,10H,1-2,5H2,3H3. The number of carbonyl (C=O) groups excluding carboxylic acids is 1. The van der Waals surface area contributed by atoms with E-state index in [4.69, 9.17) is 19.5 Å². The molecule has 1 heterocycles. The molecule has 0 spiro atoms. The first kappa shape index (κ1) is 11.4. The molecule has 1 fully saturated rings. The van der Waals surface area contributed by atoms with Gasteiger partial charge in [-0.25, -0.2) is 4.79 Å². The summed E-state index contributed by atoms with van der Waals surface area (Å²) in [6.45, 7) is 8.40. The van der Waals surface area contributed by atoms with Gasteiger partial charge in [0.05, 0.1) is 17.2 Å². The van der Waals surface area contributed by atoms with Crippen molar-refractivity contribution in [1.29, 1.82) is 5.26 Å². The lowest BCUT2D eigenvalue weighted by Crippen LogP contribution is -2.42. The quantitative estimate of drug-likeness (QED) is 0.390. The van der Waals surface area contributed by atoms with Crippen molar-refractivity contribution in [1.82, 2.24) is 0 Å². The van der Waals surface area contributed by atoms with Crippen molar-refractivity contribution in [3.8, 4) is 6.07 Å². The third-order valence-corrected chi connectivity index (χ3v) is 1.71. The second kappa shape index (κ2) is 4.73. The lowest BCUT2D eigenvalue weighted by atomic mass is 10.2. The number of carbonyl (C=O) groups is 1. The van der Waals surface area contributed by atoms with E-state index in [9.17, 15) is 4.79 Å². The Morgan fingerprint density at radius 1 is 1.53 bits per heavy atom. The molecule has 0 aliphatic carbocycles. The Balaban J connectivity index is 2.32.